The van der Waals surface area contributed by atoms with Gasteiger partial charge in [0.15, 0.2) is 0 Å². The molecule has 22 heavy (non-hydrogen) atoms. The molecule has 0 aliphatic rings. The van der Waals surface area contributed by atoms with Crippen molar-refractivity contribution in [2.75, 3.05) is 12.4 Å². The molecule has 114 valence electrons. The molecule has 0 radical (unpaired) electrons. The Labute approximate surface area is 125 Å². The number of rotatable bonds is 4. The van der Waals surface area contributed by atoms with E-state index in [9.17, 15) is 19.8 Å². The number of carboxylic acid groups (broad SMARTS) is 1. The van der Waals surface area contributed by atoms with Crippen LogP contribution in [0.4, 0.5) is 5.69 Å². The monoisotopic (exact) mass is 303 g/mol. The minimum atomic E-state index is -1.21. The zero-order valence-corrected chi connectivity index (χ0v) is 11.5. The van der Waals surface area contributed by atoms with E-state index in [2.05, 4.69) is 5.32 Å². The maximum absolute atomic E-state index is 12.1. The Balaban J connectivity index is 2.36. The number of phenolic OH excluding ortho intramolecular Hbond substituents is 2. The van der Waals surface area contributed by atoms with Crippen LogP contribution < -0.4 is 10.1 Å². The lowest BCUT2D eigenvalue weighted by Crippen LogP contribution is -2.15. The fourth-order valence-corrected chi connectivity index (χ4v) is 1.84. The summed E-state index contributed by atoms with van der Waals surface area (Å²) in [5.41, 5.74) is -0.186. The minimum absolute atomic E-state index is 0.0318. The number of carboxylic acids is 1. The number of ether oxygens (including phenoxy) is 1. The molecule has 0 saturated heterocycles. The lowest BCUT2D eigenvalue weighted by molar-refractivity contribution is 0.0698. The summed E-state index contributed by atoms with van der Waals surface area (Å²) in [5.74, 6) is -2.17. The molecule has 1 amide bonds. The van der Waals surface area contributed by atoms with E-state index >= 15 is 0 Å². The molecular weight excluding hydrogens is 290 g/mol. The van der Waals surface area contributed by atoms with E-state index in [0.29, 0.717) is 5.75 Å². The molecule has 2 rings (SSSR count). The average Bonchev–Trinajstić information content (AvgIpc) is 2.46. The molecule has 0 unspecified atom stereocenters. The summed E-state index contributed by atoms with van der Waals surface area (Å²) in [4.78, 5) is 23.3. The number of aromatic carboxylic acids is 1. The van der Waals surface area contributed by atoms with Gasteiger partial charge in [-0.2, -0.15) is 0 Å². The summed E-state index contributed by atoms with van der Waals surface area (Å²) in [7, 11) is 1.41. The van der Waals surface area contributed by atoms with Gasteiger partial charge in [0, 0.05) is 12.1 Å². The molecule has 2 aromatic carbocycles. The van der Waals surface area contributed by atoms with Crippen molar-refractivity contribution < 1.29 is 29.6 Å². The summed E-state index contributed by atoms with van der Waals surface area (Å²) >= 11 is 0. The zero-order valence-electron chi connectivity index (χ0n) is 11.5. The van der Waals surface area contributed by atoms with Crippen LogP contribution in [0.3, 0.4) is 0 Å². The van der Waals surface area contributed by atoms with E-state index in [1.54, 1.807) is 0 Å². The third-order valence-electron chi connectivity index (χ3n) is 2.93. The molecule has 2 aromatic rings. The number of methoxy groups -OCH3 is 1. The molecular formula is C15H13NO6. The van der Waals surface area contributed by atoms with Crippen LogP contribution >= 0.6 is 0 Å². The van der Waals surface area contributed by atoms with Crippen molar-refractivity contribution in [2.45, 2.75) is 0 Å². The van der Waals surface area contributed by atoms with Crippen LogP contribution in [-0.2, 0) is 0 Å². The molecule has 0 bridgehead atoms. The van der Waals surface area contributed by atoms with Crippen molar-refractivity contribution in [3.63, 3.8) is 0 Å². The second kappa shape index (κ2) is 6.04. The Kier molecular flexibility index (Phi) is 4.17. The van der Waals surface area contributed by atoms with Crippen LogP contribution in [0.1, 0.15) is 20.7 Å². The second-order valence-electron chi connectivity index (χ2n) is 4.37. The smallest absolute Gasteiger partial charge is 0.337 e. The Bertz CT molecular complexity index is 741. The highest BCUT2D eigenvalue weighted by Crippen LogP contribution is 2.26. The van der Waals surface area contributed by atoms with Crippen LogP contribution in [0.2, 0.25) is 0 Å². The Morgan fingerprint density at radius 3 is 2.32 bits per heavy atom. The van der Waals surface area contributed by atoms with Gasteiger partial charge in [0.25, 0.3) is 5.91 Å². The molecule has 7 nitrogen and oxygen atoms in total. The molecule has 0 atom stereocenters. The summed E-state index contributed by atoms with van der Waals surface area (Å²) in [5, 5.41) is 30.4. The van der Waals surface area contributed by atoms with Crippen molar-refractivity contribution in [1.82, 2.24) is 0 Å². The Morgan fingerprint density at radius 1 is 1.05 bits per heavy atom. The van der Waals surface area contributed by atoms with E-state index in [4.69, 9.17) is 9.84 Å². The molecule has 0 aromatic heterocycles. The highest BCUT2D eigenvalue weighted by molar-refractivity contribution is 6.09. The van der Waals surface area contributed by atoms with Gasteiger partial charge in [-0.05, 0) is 24.3 Å². The van der Waals surface area contributed by atoms with Gasteiger partial charge in [-0.25, -0.2) is 4.79 Å². The van der Waals surface area contributed by atoms with Crippen molar-refractivity contribution >= 4 is 17.6 Å². The number of nitrogens with one attached hydrogen (secondary N) is 1. The van der Waals surface area contributed by atoms with Crippen LogP contribution in [0.25, 0.3) is 0 Å². The first-order chi connectivity index (χ1) is 10.4. The van der Waals surface area contributed by atoms with Gasteiger partial charge in [0.05, 0.1) is 23.9 Å². The van der Waals surface area contributed by atoms with Crippen LogP contribution in [0.15, 0.2) is 36.4 Å². The maximum atomic E-state index is 12.1. The SMILES string of the molecule is COc1ccc(C(=O)O)c(NC(=O)c2ccc(O)cc2O)c1. The Morgan fingerprint density at radius 2 is 1.73 bits per heavy atom. The number of aromatic hydroxyl groups is 2. The lowest BCUT2D eigenvalue weighted by atomic mass is 10.1. The number of anilines is 1. The van der Waals surface area contributed by atoms with Crippen LogP contribution in [0, 0.1) is 0 Å². The second-order valence-corrected chi connectivity index (χ2v) is 4.37. The van der Waals surface area contributed by atoms with Crippen molar-refractivity contribution in [3.05, 3.63) is 47.5 Å². The summed E-state index contributed by atoms with van der Waals surface area (Å²) in [6, 6.07) is 7.58. The van der Waals surface area contributed by atoms with Gasteiger partial charge in [-0.3, -0.25) is 4.79 Å². The fourth-order valence-electron chi connectivity index (χ4n) is 1.84. The van der Waals surface area contributed by atoms with Gasteiger partial charge in [0.2, 0.25) is 0 Å². The topological polar surface area (TPSA) is 116 Å². The van der Waals surface area contributed by atoms with Crippen molar-refractivity contribution in [2.24, 2.45) is 0 Å². The number of amides is 1. The maximum Gasteiger partial charge on any atom is 0.337 e. The number of hydrogen-bond acceptors (Lipinski definition) is 5. The summed E-state index contributed by atoms with van der Waals surface area (Å²) in [6.07, 6.45) is 0. The first kappa shape index (κ1) is 15.2. The first-order valence-electron chi connectivity index (χ1n) is 6.17. The van der Waals surface area contributed by atoms with Crippen molar-refractivity contribution in [3.8, 4) is 17.2 Å². The van der Waals surface area contributed by atoms with E-state index in [-0.39, 0.29) is 22.6 Å². The Hall–Kier alpha value is -3.22. The largest absolute Gasteiger partial charge is 0.508 e. The first-order valence-corrected chi connectivity index (χ1v) is 6.17. The number of phenols is 2. The third-order valence-corrected chi connectivity index (χ3v) is 2.93. The molecule has 4 N–H and O–H groups in total. The van der Waals surface area contributed by atoms with Gasteiger partial charge in [-0.1, -0.05) is 0 Å². The third kappa shape index (κ3) is 3.09. The summed E-state index contributed by atoms with van der Waals surface area (Å²) < 4.78 is 4.99. The van der Waals surface area contributed by atoms with E-state index < -0.39 is 17.6 Å². The van der Waals surface area contributed by atoms with Crippen LogP contribution in [-0.4, -0.2) is 34.3 Å². The fraction of sp³-hybridized carbons (Fsp3) is 0.0667. The molecule has 0 saturated carbocycles. The highest BCUT2D eigenvalue weighted by atomic mass is 16.5. The van der Waals surface area contributed by atoms with Gasteiger partial charge >= 0.3 is 5.97 Å². The van der Waals surface area contributed by atoms with Gasteiger partial charge in [-0.15, -0.1) is 0 Å². The molecule has 0 spiro atoms. The molecule has 0 aliphatic heterocycles. The lowest BCUT2D eigenvalue weighted by Gasteiger charge is -2.11. The molecule has 7 heteroatoms. The number of benzene rings is 2. The van der Waals surface area contributed by atoms with E-state index in [1.165, 1.54) is 37.4 Å². The van der Waals surface area contributed by atoms with Gasteiger partial charge < -0.3 is 25.4 Å². The van der Waals surface area contributed by atoms with E-state index in [1.807, 2.05) is 0 Å². The number of carbonyl (C=O) groups is 2. The predicted molar refractivity (Wildman–Crippen MR) is 77.7 cm³/mol. The standard InChI is InChI=1S/C15H13NO6/c1-22-9-3-5-10(15(20)21)12(7-9)16-14(19)11-4-2-8(17)6-13(11)18/h2-7,17-18H,1H3,(H,16,19)(H,20,21). The highest BCUT2D eigenvalue weighted by Gasteiger charge is 2.17. The zero-order chi connectivity index (χ0) is 16.3. The summed E-state index contributed by atoms with van der Waals surface area (Å²) in [6.45, 7) is 0. The van der Waals surface area contributed by atoms with E-state index in [0.717, 1.165) is 6.07 Å². The van der Waals surface area contributed by atoms with Gasteiger partial charge in [0.1, 0.15) is 17.2 Å². The molecule has 0 aliphatic carbocycles. The molecule has 0 fully saturated rings. The minimum Gasteiger partial charge on any atom is -0.508 e. The van der Waals surface area contributed by atoms with Crippen LogP contribution in [0.5, 0.6) is 17.2 Å². The predicted octanol–water partition coefficient (Wildman–Crippen LogP) is 2.06. The number of hydrogen-bond donors (Lipinski definition) is 4. The average molecular weight is 303 g/mol. The number of carbonyl (C=O) groups excluding carboxylic acids is 1. The normalized spacial score (nSPS) is 10.0. The van der Waals surface area contributed by atoms with Crippen molar-refractivity contribution in [1.29, 1.82) is 0 Å². The quantitative estimate of drug-likeness (QED) is 0.687. The molecule has 0 heterocycles.